The molecule has 0 fully saturated rings. The van der Waals surface area contributed by atoms with Gasteiger partial charge >= 0.3 is 0 Å². The smallest absolute Gasteiger partial charge is 0.245 e. The fourth-order valence-corrected chi connectivity index (χ4v) is 3.94. The van der Waals surface area contributed by atoms with Gasteiger partial charge < -0.3 is 14.6 Å². The fourth-order valence-electron chi connectivity index (χ4n) is 2.58. The molecule has 0 saturated heterocycles. The van der Waals surface area contributed by atoms with Crippen molar-refractivity contribution in [1.29, 1.82) is 0 Å². The SMILES string of the molecule is COc1ccc([C@H](C)NC(=O)CCNS(=O)(=O)c2c(C)noc2C)cc1F. The Kier molecular flexibility index (Phi) is 6.55. The van der Waals surface area contributed by atoms with Crippen LogP contribution in [0.5, 0.6) is 5.75 Å². The second-order valence-corrected chi connectivity index (χ2v) is 7.69. The van der Waals surface area contributed by atoms with Crippen LogP contribution in [-0.4, -0.2) is 33.1 Å². The van der Waals surface area contributed by atoms with E-state index in [1.54, 1.807) is 13.0 Å². The lowest BCUT2D eigenvalue weighted by Gasteiger charge is -2.15. The lowest BCUT2D eigenvalue weighted by Crippen LogP contribution is -2.32. The first-order valence-electron chi connectivity index (χ1n) is 8.21. The van der Waals surface area contributed by atoms with Crippen molar-refractivity contribution >= 4 is 15.9 Å². The highest BCUT2D eigenvalue weighted by molar-refractivity contribution is 7.89. The number of hydrogen-bond donors (Lipinski definition) is 2. The predicted molar refractivity (Wildman–Crippen MR) is 95.3 cm³/mol. The summed E-state index contributed by atoms with van der Waals surface area (Å²) in [5.41, 5.74) is 0.817. The fraction of sp³-hybridized carbons (Fsp3) is 0.412. The molecule has 0 aliphatic rings. The average Bonchev–Trinajstić information content (AvgIpc) is 2.93. The second-order valence-electron chi connectivity index (χ2n) is 5.98. The summed E-state index contributed by atoms with van der Waals surface area (Å²) in [6.45, 7) is 4.62. The Morgan fingerprint density at radius 3 is 2.63 bits per heavy atom. The van der Waals surface area contributed by atoms with Gasteiger partial charge in [-0.1, -0.05) is 11.2 Å². The van der Waals surface area contributed by atoms with Crippen LogP contribution < -0.4 is 14.8 Å². The van der Waals surface area contributed by atoms with Crippen LogP contribution in [0.25, 0.3) is 0 Å². The Balaban J connectivity index is 1.90. The first kappa shape index (κ1) is 20.8. The van der Waals surface area contributed by atoms with Crippen molar-refractivity contribution in [3.8, 4) is 5.75 Å². The van der Waals surface area contributed by atoms with Crippen LogP contribution in [0.2, 0.25) is 0 Å². The van der Waals surface area contributed by atoms with Gasteiger partial charge in [0.25, 0.3) is 0 Å². The third-order valence-electron chi connectivity index (χ3n) is 3.93. The molecule has 27 heavy (non-hydrogen) atoms. The summed E-state index contributed by atoms with van der Waals surface area (Å²) in [4.78, 5) is 12.0. The van der Waals surface area contributed by atoms with E-state index in [2.05, 4.69) is 15.2 Å². The molecule has 0 radical (unpaired) electrons. The zero-order valence-corrected chi connectivity index (χ0v) is 16.3. The molecule has 0 spiro atoms. The number of carbonyl (C=O) groups is 1. The van der Waals surface area contributed by atoms with E-state index in [-0.39, 0.29) is 41.0 Å². The maximum atomic E-state index is 13.8. The Labute approximate surface area is 157 Å². The molecule has 2 N–H and O–H groups in total. The van der Waals surface area contributed by atoms with E-state index < -0.39 is 21.9 Å². The minimum Gasteiger partial charge on any atom is -0.494 e. The molecular weight excluding hydrogens is 377 g/mol. The van der Waals surface area contributed by atoms with Crippen molar-refractivity contribution in [2.45, 2.75) is 38.1 Å². The lowest BCUT2D eigenvalue weighted by atomic mass is 10.1. The zero-order valence-electron chi connectivity index (χ0n) is 15.5. The Morgan fingerprint density at radius 1 is 1.37 bits per heavy atom. The minimum absolute atomic E-state index is 0.0232. The van der Waals surface area contributed by atoms with Crippen LogP contribution in [0.1, 0.15) is 36.4 Å². The second kappa shape index (κ2) is 8.49. The van der Waals surface area contributed by atoms with Gasteiger partial charge in [0, 0.05) is 13.0 Å². The highest BCUT2D eigenvalue weighted by Gasteiger charge is 2.24. The van der Waals surface area contributed by atoms with Gasteiger partial charge in [0.2, 0.25) is 15.9 Å². The molecule has 148 valence electrons. The van der Waals surface area contributed by atoms with E-state index in [1.807, 2.05) is 0 Å². The number of sulfonamides is 1. The molecule has 1 aromatic carbocycles. The number of aromatic nitrogens is 1. The quantitative estimate of drug-likeness (QED) is 0.702. The van der Waals surface area contributed by atoms with E-state index in [0.717, 1.165) is 0 Å². The van der Waals surface area contributed by atoms with E-state index in [1.165, 1.54) is 33.1 Å². The number of benzene rings is 1. The summed E-state index contributed by atoms with van der Waals surface area (Å²) in [5.74, 6) is -0.603. The third kappa shape index (κ3) is 5.04. The van der Waals surface area contributed by atoms with Gasteiger partial charge in [0.1, 0.15) is 10.6 Å². The van der Waals surface area contributed by atoms with Crippen molar-refractivity contribution in [3.05, 3.63) is 41.0 Å². The van der Waals surface area contributed by atoms with Gasteiger partial charge in [-0.15, -0.1) is 0 Å². The predicted octanol–water partition coefficient (Wildman–Crippen LogP) is 1.98. The number of methoxy groups -OCH3 is 1. The van der Waals surface area contributed by atoms with Gasteiger partial charge in [-0.2, -0.15) is 0 Å². The molecule has 0 bridgehead atoms. The third-order valence-corrected chi connectivity index (χ3v) is 5.64. The highest BCUT2D eigenvalue weighted by atomic mass is 32.2. The molecule has 0 aliphatic heterocycles. The molecule has 8 nitrogen and oxygen atoms in total. The molecule has 1 amide bonds. The number of hydrogen-bond acceptors (Lipinski definition) is 6. The maximum Gasteiger partial charge on any atom is 0.245 e. The maximum absolute atomic E-state index is 13.8. The summed E-state index contributed by atoms with van der Waals surface area (Å²) in [6, 6.07) is 3.96. The topological polar surface area (TPSA) is 111 Å². The van der Waals surface area contributed by atoms with E-state index in [9.17, 15) is 17.6 Å². The number of aryl methyl sites for hydroxylation is 2. The number of nitrogens with zero attached hydrogens (tertiary/aromatic N) is 1. The number of amides is 1. The summed E-state index contributed by atoms with van der Waals surface area (Å²) in [5, 5.41) is 6.30. The Bertz CT molecular complexity index is 907. The Morgan fingerprint density at radius 2 is 2.07 bits per heavy atom. The van der Waals surface area contributed by atoms with Gasteiger partial charge in [-0.25, -0.2) is 17.5 Å². The monoisotopic (exact) mass is 399 g/mol. The van der Waals surface area contributed by atoms with Gasteiger partial charge in [0.15, 0.2) is 17.3 Å². The first-order chi connectivity index (χ1) is 12.7. The molecule has 1 aromatic heterocycles. The summed E-state index contributed by atoms with van der Waals surface area (Å²) in [7, 11) is -2.45. The number of carbonyl (C=O) groups excluding carboxylic acids is 1. The summed E-state index contributed by atoms with van der Waals surface area (Å²) in [6.07, 6.45) is -0.0778. The molecule has 2 rings (SSSR count). The van der Waals surface area contributed by atoms with E-state index in [4.69, 9.17) is 9.26 Å². The molecule has 1 heterocycles. The lowest BCUT2D eigenvalue weighted by molar-refractivity contribution is -0.121. The van der Waals surface area contributed by atoms with E-state index >= 15 is 0 Å². The van der Waals surface area contributed by atoms with Crippen LogP contribution in [0.4, 0.5) is 4.39 Å². The number of rotatable bonds is 8. The average molecular weight is 399 g/mol. The van der Waals surface area contributed by atoms with Gasteiger partial charge in [-0.3, -0.25) is 4.79 Å². The molecule has 0 unspecified atom stereocenters. The van der Waals surface area contributed by atoms with Gasteiger partial charge in [-0.05, 0) is 38.5 Å². The van der Waals surface area contributed by atoms with Gasteiger partial charge in [0.05, 0.1) is 13.2 Å². The van der Waals surface area contributed by atoms with Crippen LogP contribution in [0, 0.1) is 19.7 Å². The summed E-state index contributed by atoms with van der Waals surface area (Å²) < 4.78 is 50.3. The molecule has 10 heteroatoms. The minimum atomic E-state index is -3.82. The zero-order chi connectivity index (χ0) is 20.2. The molecular formula is C17H22FN3O5S. The largest absolute Gasteiger partial charge is 0.494 e. The van der Waals surface area contributed by atoms with Crippen molar-refractivity contribution in [2.75, 3.05) is 13.7 Å². The van der Waals surface area contributed by atoms with Crippen LogP contribution >= 0.6 is 0 Å². The molecule has 0 saturated carbocycles. The number of ether oxygens (including phenoxy) is 1. The highest BCUT2D eigenvalue weighted by Crippen LogP contribution is 2.22. The Hall–Kier alpha value is -2.46. The van der Waals surface area contributed by atoms with Crippen molar-refractivity contribution < 1.29 is 26.9 Å². The van der Waals surface area contributed by atoms with Crippen LogP contribution in [-0.2, 0) is 14.8 Å². The molecule has 0 aliphatic carbocycles. The standard InChI is InChI=1S/C17H22FN3O5S/c1-10(13-5-6-15(25-4)14(18)9-13)20-16(22)7-8-19-27(23,24)17-11(2)21-26-12(17)3/h5-6,9-10,19H,7-8H2,1-4H3,(H,20,22)/t10-/m0/s1. The first-order valence-corrected chi connectivity index (χ1v) is 9.69. The molecule has 2 aromatic rings. The van der Waals surface area contributed by atoms with Crippen LogP contribution in [0.3, 0.4) is 0 Å². The van der Waals surface area contributed by atoms with Crippen molar-refractivity contribution in [2.24, 2.45) is 0 Å². The number of halogens is 1. The number of nitrogens with one attached hydrogen (secondary N) is 2. The normalized spacial score (nSPS) is 12.6. The van der Waals surface area contributed by atoms with Crippen molar-refractivity contribution in [1.82, 2.24) is 15.2 Å². The van der Waals surface area contributed by atoms with Crippen LogP contribution in [0.15, 0.2) is 27.6 Å². The van der Waals surface area contributed by atoms with Crippen molar-refractivity contribution in [3.63, 3.8) is 0 Å². The summed E-state index contributed by atoms with van der Waals surface area (Å²) >= 11 is 0. The molecule has 1 atom stereocenters. The van der Waals surface area contributed by atoms with E-state index in [0.29, 0.717) is 5.56 Å².